The fraction of sp³-hybridized carbons (Fsp3) is 0.788. The maximum absolute atomic E-state index is 13.5. The minimum absolute atomic E-state index is 0.0186. The van der Waals surface area contributed by atoms with Gasteiger partial charge in [-0.2, -0.15) is 5.26 Å². The van der Waals surface area contributed by atoms with E-state index in [1.54, 1.807) is 7.11 Å². The number of nitrogens with zero attached hydrogens (tertiary/aromatic N) is 1. The molecule has 38 heavy (non-hydrogen) atoms. The van der Waals surface area contributed by atoms with Gasteiger partial charge in [-0.25, -0.2) is 0 Å². The standard InChI is InChI=1S/C33H45NO4/c1-28(2)11-13-33(27(36)37-8)14-12-32(7)24(20(33)17-28)25-21(38-25)15-23-30(5)16-19(18-34)26(35)29(3,4)22(30)9-10-31(23,32)6/h15-16,20-22,24-25H,9-14,17H2,1-8H3. The van der Waals surface area contributed by atoms with Crippen LogP contribution in [0, 0.1) is 61.6 Å². The fourth-order valence-electron chi connectivity index (χ4n) is 10.9. The van der Waals surface area contributed by atoms with Crippen LogP contribution in [-0.4, -0.2) is 31.1 Å². The van der Waals surface area contributed by atoms with Crippen molar-refractivity contribution in [2.45, 2.75) is 106 Å². The van der Waals surface area contributed by atoms with Gasteiger partial charge in [0.05, 0.1) is 24.2 Å². The molecule has 0 radical (unpaired) electrons. The molecule has 0 aromatic rings. The van der Waals surface area contributed by atoms with Gasteiger partial charge in [-0.05, 0) is 78.9 Å². The monoisotopic (exact) mass is 519 g/mol. The van der Waals surface area contributed by atoms with Crippen molar-refractivity contribution in [3.8, 4) is 6.07 Å². The summed E-state index contributed by atoms with van der Waals surface area (Å²) in [6, 6.07) is 2.25. The summed E-state index contributed by atoms with van der Waals surface area (Å²) in [6.07, 6.45) is 11.3. The topological polar surface area (TPSA) is 79.7 Å². The summed E-state index contributed by atoms with van der Waals surface area (Å²) in [5.41, 5.74) is 0.269. The first-order valence-electron chi connectivity index (χ1n) is 14.8. The second kappa shape index (κ2) is 7.62. The van der Waals surface area contributed by atoms with Crippen molar-refractivity contribution in [2.75, 3.05) is 7.11 Å². The Morgan fingerprint density at radius 2 is 1.74 bits per heavy atom. The maximum atomic E-state index is 13.5. The van der Waals surface area contributed by atoms with Gasteiger partial charge in [-0.1, -0.05) is 66.2 Å². The second-order valence-corrected chi connectivity index (χ2v) is 15.6. The number of carbonyl (C=O) groups is 2. The molecule has 4 fully saturated rings. The largest absolute Gasteiger partial charge is 0.469 e. The second-order valence-electron chi connectivity index (χ2n) is 15.6. The average molecular weight is 520 g/mol. The number of hydrogen-bond donors (Lipinski definition) is 0. The quantitative estimate of drug-likeness (QED) is 0.222. The first-order chi connectivity index (χ1) is 17.6. The zero-order valence-corrected chi connectivity index (χ0v) is 24.6. The Hall–Kier alpha value is -1.93. The molecule has 5 heteroatoms. The van der Waals surface area contributed by atoms with Crippen LogP contribution in [0.25, 0.3) is 0 Å². The van der Waals surface area contributed by atoms with Gasteiger partial charge in [0.15, 0.2) is 5.78 Å². The lowest BCUT2D eigenvalue weighted by molar-refractivity contribution is -0.190. The first kappa shape index (κ1) is 26.3. The SMILES string of the molecule is COC(=O)C12CCC(C)(C)CC1C1C3OC3C=C3C4(C)C=C(C#N)C(=O)C(C)(C)C4CCC3(C)C1(C)CC2. The number of carbonyl (C=O) groups excluding carboxylic acids is 2. The Bertz CT molecular complexity index is 1220. The minimum Gasteiger partial charge on any atom is -0.469 e. The van der Waals surface area contributed by atoms with Gasteiger partial charge < -0.3 is 9.47 Å². The lowest BCUT2D eigenvalue weighted by Crippen LogP contribution is -2.63. The van der Waals surface area contributed by atoms with Crippen LogP contribution in [0.15, 0.2) is 23.3 Å². The van der Waals surface area contributed by atoms with Crippen molar-refractivity contribution >= 4 is 11.8 Å². The Labute approximate surface area is 228 Å². The highest BCUT2D eigenvalue weighted by atomic mass is 16.6. The molecule has 5 aliphatic carbocycles. The molecule has 5 nitrogen and oxygen atoms in total. The number of Topliss-reactive ketones (excluding diaryl/α,β-unsaturated/α-hetero) is 1. The zero-order chi connectivity index (χ0) is 27.7. The lowest BCUT2D eigenvalue weighted by atomic mass is 9.36. The molecule has 9 atom stereocenters. The molecular formula is C33H45NO4. The lowest BCUT2D eigenvalue weighted by Gasteiger charge is -2.67. The molecule has 6 aliphatic rings. The summed E-state index contributed by atoms with van der Waals surface area (Å²) in [4.78, 5) is 26.9. The van der Waals surface area contributed by atoms with Gasteiger partial charge in [0.2, 0.25) is 0 Å². The predicted octanol–water partition coefficient (Wildman–Crippen LogP) is 6.58. The number of hydrogen-bond acceptors (Lipinski definition) is 5. The Kier molecular flexibility index (Phi) is 5.28. The van der Waals surface area contributed by atoms with Crippen LogP contribution in [0.3, 0.4) is 0 Å². The van der Waals surface area contributed by atoms with Crippen molar-refractivity contribution in [1.82, 2.24) is 0 Å². The number of nitriles is 1. The molecule has 206 valence electrons. The predicted molar refractivity (Wildman–Crippen MR) is 145 cm³/mol. The minimum atomic E-state index is -0.590. The first-order valence-corrected chi connectivity index (χ1v) is 14.8. The number of rotatable bonds is 1. The van der Waals surface area contributed by atoms with Crippen molar-refractivity contribution < 1.29 is 19.1 Å². The summed E-state index contributed by atoms with van der Waals surface area (Å²) >= 11 is 0. The Balaban J connectivity index is 1.52. The molecule has 9 unspecified atom stereocenters. The van der Waals surface area contributed by atoms with E-state index in [0.29, 0.717) is 5.57 Å². The number of ether oxygens (including phenoxy) is 2. The van der Waals surface area contributed by atoms with E-state index >= 15 is 0 Å². The number of epoxide rings is 1. The maximum Gasteiger partial charge on any atom is 0.312 e. The highest BCUT2D eigenvalue weighted by Gasteiger charge is 2.73. The summed E-state index contributed by atoms with van der Waals surface area (Å²) < 4.78 is 12.1. The van der Waals surface area contributed by atoms with E-state index in [1.165, 1.54) is 5.57 Å². The van der Waals surface area contributed by atoms with Gasteiger partial charge in [-0.3, -0.25) is 9.59 Å². The van der Waals surface area contributed by atoms with Gasteiger partial charge in [0.25, 0.3) is 0 Å². The number of methoxy groups -OCH3 is 1. The highest BCUT2D eigenvalue weighted by molar-refractivity contribution is 6.04. The summed E-state index contributed by atoms with van der Waals surface area (Å²) in [7, 11) is 1.56. The summed E-state index contributed by atoms with van der Waals surface area (Å²) in [5.74, 6) is 0.579. The smallest absolute Gasteiger partial charge is 0.312 e. The molecule has 0 aromatic heterocycles. The summed E-state index contributed by atoms with van der Waals surface area (Å²) in [5, 5.41) is 9.97. The normalized spacial score (nSPS) is 49.8. The fourth-order valence-corrected chi connectivity index (χ4v) is 10.9. The van der Waals surface area contributed by atoms with E-state index in [1.807, 2.05) is 19.9 Å². The van der Waals surface area contributed by atoms with Gasteiger partial charge in [0.1, 0.15) is 12.2 Å². The molecule has 0 aromatic carbocycles. The molecule has 1 aliphatic heterocycles. The van der Waals surface area contributed by atoms with E-state index in [0.717, 1.165) is 44.9 Å². The molecule has 0 N–H and O–H groups in total. The molecule has 3 saturated carbocycles. The van der Waals surface area contributed by atoms with Crippen LogP contribution in [0.5, 0.6) is 0 Å². The van der Waals surface area contributed by atoms with Crippen LogP contribution >= 0.6 is 0 Å². The summed E-state index contributed by atoms with van der Waals surface area (Å²) in [6.45, 7) is 16.0. The van der Waals surface area contributed by atoms with Gasteiger partial charge >= 0.3 is 5.97 Å². The van der Waals surface area contributed by atoms with Crippen LogP contribution < -0.4 is 0 Å². The molecule has 0 bridgehead atoms. The molecule has 0 amide bonds. The number of fused-ring (bicyclic) bond motifs is 9. The van der Waals surface area contributed by atoms with Crippen molar-refractivity contribution in [3.05, 3.63) is 23.3 Å². The molecule has 0 spiro atoms. The van der Waals surface area contributed by atoms with E-state index in [4.69, 9.17) is 9.47 Å². The van der Waals surface area contributed by atoms with Crippen molar-refractivity contribution in [1.29, 1.82) is 5.26 Å². The number of allylic oxidation sites excluding steroid dienone is 3. The molecule has 6 rings (SSSR count). The zero-order valence-electron chi connectivity index (χ0n) is 24.6. The van der Waals surface area contributed by atoms with E-state index in [9.17, 15) is 14.9 Å². The molecule has 1 heterocycles. The third-order valence-corrected chi connectivity index (χ3v) is 13.2. The Morgan fingerprint density at radius 1 is 1.05 bits per heavy atom. The van der Waals surface area contributed by atoms with Crippen molar-refractivity contribution in [2.24, 2.45) is 50.2 Å². The Morgan fingerprint density at radius 3 is 2.39 bits per heavy atom. The van der Waals surface area contributed by atoms with Gasteiger partial charge in [-0.15, -0.1) is 0 Å². The third kappa shape index (κ3) is 3.02. The van der Waals surface area contributed by atoms with Crippen molar-refractivity contribution in [3.63, 3.8) is 0 Å². The van der Waals surface area contributed by atoms with E-state index < -0.39 is 10.8 Å². The van der Waals surface area contributed by atoms with Crippen LogP contribution in [0.4, 0.5) is 0 Å². The van der Waals surface area contributed by atoms with Crippen LogP contribution in [0.1, 0.15) is 93.4 Å². The average Bonchev–Trinajstić information content (AvgIpc) is 3.61. The number of ketones is 1. The van der Waals surface area contributed by atoms with E-state index in [2.05, 4.69) is 46.8 Å². The van der Waals surface area contributed by atoms with Crippen LogP contribution in [0.2, 0.25) is 0 Å². The van der Waals surface area contributed by atoms with E-state index in [-0.39, 0.29) is 63.4 Å². The number of esters is 1. The molecule has 1 saturated heterocycles. The van der Waals surface area contributed by atoms with Gasteiger partial charge in [0, 0.05) is 10.8 Å². The van der Waals surface area contributed by atoms with Crippen LogP contribution in [-0.2, 0) is 19.1 Å². The highest BCUT2D eigenvalue weighted by Crippen LogP contribution is 2.76. The molecular weight excluding hydrogens is 474 g/mol. The third-order valence-electron chi connectivity index (χ3n) is 13.2.